The van der Waals surface area contributed by atoms with Crippen molar-refractivity contribution in [1.82, 2.24) is 9.99 Å². The Morgan fingerprint density at radius 2 is 1.69 bits per heavy atom. The first-order chi connectivity index (χ1) is 17.4. The number of primary amides is 1. The van der Waals surface area contributed by atoms with Crippen molar-refractivity contribution in [3.05, 3.63) is 107 Å². The van der Waals surface area contributed by atoms with Crippen molar-refractivity contribution in [2.24, 2.45) is 10.8 Å². The normalized spacial score (nSPS) is 15.2. The predicted octanol–water partition coefficient (Wildman–Crippen LogP) is 5.42. The second-order valence-electron chi connectivity index (χ2n) is 8.89. The number of nitrogens with zero attached hydrogens (tertiary/aromatic N) is 3. The van der Waals surface area contributed by atoms with Crippen LogP contribution in [0.5, 0.6) is 0 Å². The van der Waals surface area contributed by atoms with Crippen molar-refractivity contribution >= 4 is 40.1 Å². The number of aryl methyl sites for hydroxylation is 2. The van der Waals surface area contributed by atoms with Crippen LogP contribution >= 0.6 is 11.8 Å². The Hall–Kier alpha value is -3.97. The summed E-state index contributed by atoms with van der Waals surface area (Å²) in [6, 6.07) is 26.0. The number of hydrogen-bond acceptors (Lipinski definition) is 5. The molecule has 1 aromatic heterocycles. The average Bonchev–Trinajstić information content (AvgIpc) is 3.32. The minimum Gasteiger partial charge on any atom is -0.366 e. The standard InChI is InChI=1S/C29H26N4O2S/c1-18-14-19(2)31-29(27(18)28(30)35)36-17-26(34)33-25(21-9-4-3-5-10-21)16-24(32-33)23-13-12-20-8-6-7-11-22(20)15-23/h3-15,25H,16-17H2,1-2H3,(H2,30,35). The molecule has 0 saturated carbocycles. The van der Waals surface area contributed by atoms with Gasteiger partial charge in [-0.3, -0.25) is 9.59 Å². The van der Waals surface area contributed by atoms with Crippen LogP contribution in [-0.4, -0.2) is 33.3 Å². The number of pyridine rings is 1. The second kappa shape index (κ2) is 9.95. The highest BCUT2D eigenvalue weighted by molar-refractivity contribution is 8.00. The number of thioether (sulfide) groups is 1. The van der Waals surface area contributed by atoms with Gasteiger partial charge >= 0.3 is 0 Å². The molecule has 0 spiro atoms. The number of amides is 2. The number of hydrazone groups is 1. The van der Waals surface area contributed by atoms with Crippen molar-refractivity contribution < 1.29 is 9.59 Å². The van der Waals surface area contributed by atoms with Crippen LogP contribution in [0.2, 0.25) is 0 Å². The molecule has 36 heavy (non-hydrogen) atoms. The lowest BCUT2D eigenvalue weighted by Gasteiger charge is -2.22. The minimum absolute atomic E-state index is 0.0913. The van der Waals surface area contributed by atoms with E-state index in [2.05, 4.69) is 35.3 Å². The molecule has 5 rings (SSSR count). The van der Waals surface area contributed by atoms with E-state index in [4.69, 9.17) is 10.8 Å². The summed E-state index contributed by atoms with van der Waals surface area (Å²) >= 11 is 1.22. The van der Waals surface area contributed by atoms with Gasteiger partial charge in [0.25, 0.3) is 11.8 Å². The molecule has 0 saturated heterocycles. The van der Waals surface area contributed by atoms with E-state index in [1.165, 1.54) is 11.8 Å². The van der Waals surface area contributed by atoms with Gasteiger partial charge in [0, 0.05) is 12.1 Å². The van der Waals surface area contributed by atoms with Crippen LogP contribution in [0, 0.1) is 13.8 Å². The molecule has 2 N–H and O–H groups in total. The van der Waals surface area contributed by atoms with Crippen molar-refractivity contribution in [2.75, 3.05) is 5.75 Å². The molecule has 0 fully saturated rings. The van der Waals surface area contributed by atoms with Crippen LogP contribution in [0.25, 0.3) is 10.8 Å². The zero-order valence-corrected chi connectivity index (χ0v) is 21.0. The monoisotopic (exact) mass is 494 g/mol. The quantitative estimate of drug-likeness (QED) is 0.363. The minimum atomic E-state index is -0.546. The van der Waals surface area contributed by atoms with Gasteiger partial charge < -0.3 is 5.73 Å². The third-order valence-electron chi connectivity index (χ3n) is 6.32. The Bertz CT molecular complexity index is 1500. The topological polar surface area (TPSA) is 88.7 Å². The third-order valence-corrected chi connectivity index (χ3v) is 7.28. The summed E-state index contributed by atoms with van der Waals surface area (Å²) in [5.41, 5.74) is 10.4. The SMILES string of the molecule is Cc1cc(C)c(C(N)=O)c(SCC(=O)N2N=C(c3ccc4ccccc4c3)CC2c2ccccc2)n1. The van der Waals surface area contributed by atoms with Crippen molar-refractivity contribution in [1.29, 1.82) is 0 Å². The largest absolute Gasteiger partial charge is 0.366 e. The smallest absolute Gasteiger partial charge is 0.253 e. The van der Waals surface area contributed by atoms with Crippen molar-refractivity contribution in [3.63, 3.8) is 0 Å². The van der Waals surface area contributed by atoms with E-state index in [-0.39, 0.29) is 17.7 Å². The van der Waals surface area contributed by atoms with E-state index in [1.807, 2.05) is 62.4 Å². The Morgan fingerprint density at radius 1 is 0.972 bits per heavy atom. The highest BCUT2D eigenvalue weighted by Crippen LogP contribution is 2.34. The molecule has 1 aliphatic rings. The number of carbonyl (C=O) groups is 2. The van der Waals surface area contributed by atoms with Crippen LogP contribution in [-0.2, 0) is 4.79 Å². The summed E-state index contributed by atoms with van der Waals surface area (Å²) in [6.45, 7) is 3.68. The summed E-state index contributed by atoms with van der Waals surface area (Å²) in [5, 5.41) is 9.16. The highest BCUT2D eigenvalue weighted by atomic mass is 32.2. The fraction of sp³-hybridized carbons (Fsp3) is 0.172. The molecule has 4 aromatic rings. The first-order valence-electron chi connectivity index (χ1n) is 11.7. The molecule has 180 valence electrons. The summed E-state index contributed by atoms with van der Waals surface area (Å²) in [5.74, 6) is -0.607. The lowest BCUT2D eigenvalue weighted by atomic mass is 9.97. The molecule has 0 radical (unpaired) electrons. The molecule has 2 heterocycles. The van der Waals surface area contributed by atoms with E-state index in [1.54, 1.807) is 5.01 Å². The Balaban J connectivity index is 1.45. The van der Waals surface area contributed by atoms with E-state index in [0.717, 1.165) is 38.9 Å². The molecule has 2 amide bonds. The lowest BCUT2D eigenvalue weighted by molar-refractivity contribution is -0.130. The number of aromatic nitrogens is 1. The van der Waals surface area contributed by atoms with Crippen molar-refractivity contribution in [3.8, 4) is 0 Å². The molecular formula is C29H26N4O2S. The lowest BCUT2D eigenvalue weighted by Crippen LogP contribution is -2.28. The first kappa shape index (κ1) is 23.8. The van der Waals surface area contributed by atoms with Gasteiger partial charge in [-0.25, -0.2) is 9.99 Å². The number of hydrogen-bond donors (Lipinski definition) is 1. The summed E-state index contributed by atoms with van der Waals surface area (Å²) in [4.78, 5) is 30.0. The fourth-order valence-corrected chi connectivity index (χ4v) is 5.63. The maximum atomic E-state index is 13.5. The molecule has 1 unspecified atom stereocenters. The van der Waals surface area contributed by atoms with Crippen LogP contribution in [0.3, 0.4) is 0 Å². The van der Waals surface area contributed by atoms with E-state index >= 15 is 0 Å². The molecule has 3 aromatic carbocycles. The summed E-state index contributed by atoms with van der Waals surface area (Å²) in [7, 11) is 0. The fourth-order valence-electron chi connectivity index (χ4n) is 4.62. The first-order valence-corrected chi connectivity index (χ1v) is 12.7. The summed E-state index contributed by atoms with van der Waals surface area (Å²) < 4.78 is 0. The highest BCUT2D eigenvalue weighted by Gasteiger charge is 2.33. The van der Waals surface area contributed by atoms with Gasteiger partial charge in [0.1, 0.15) is 5.03 Å². The van der Waals surface area contributed by atoms with Gasteiger partial charge in [-0.2, -0.15) is 5.10 Å². The van der Waals surface area contributed by atoms with Crippen LogP contribution < -0.4 is 5.73 Å². The maximum Gasteiger partial charge on any atom is 0.253 e. The van der Waals surface area contributed by atoms with E-state index in [9.17, 15) is 9.59 Å². The number of carbonyl (C=O) groups excluding carboxylic acids is 2. The summed E-state index contributed by atoms with van der Waals surface area (Å²) in [6.07, 6.45) is 0.618. The van der Waals surface area contributed by atoms with Gasteiger partial charge in [-0.1, -0.05) is 78.5 Å². The van der Waals surface area contributed by atoms with E-state index < -0.39 is 5.91 Å². The van der Waals surface area contributed by atoms with Gasteiger partial charge in [0.2, 0.25) is 0 Å². The molecule has 6 nitrogen and oxygen atoms in total. The Labute approximate surface area is 214 Å². The van der Waals surface area contributed by atoms with Gasteiger partial charge in [0.05, 0.1) is 23.1 Å². The number of benzene rings is 3. The Kier molecular flexibility index (Phi) is 6.57. The average molecular weight is 495 g/mol. The molecule has 1 atom stereocenters. The molecule has 0 aliphatic carbocycles. The van der Waals surface area contributed by atoms with E-state index in [0.29, 0.717) is 17.0 Å². The zero-order chi connectivity index (χ0) is 25.2. The van der Waals surface area contributed by atoms with Crippen LogP contribution in [0.4, 0.5) is 0 Å². The third kappa shape index (κ3) is 4.75. The second-order valence-corrected chi connectivity index (χ2v) is 9.86. The molecule has 7 heteroatoms. The Morgan fingerprint density at radius 3 is 2.44 bits per heavy atom. The van der Waals surface area contributed by atoms with Crippen LogP contribution in [0.15, 0.2) is 89.0 Å². The van der Waals surface area contributed by atoms with Gasteiger partial charge in [-0.15, -0.1) is 0 Å². The predicted molar refractivity (Wildman–Crippen MR) is 144 cm³/mol. The number of rotatable bonds is 6. The molecular weight excluding hydrogens is 468 g/mol. The van der Waals surface area contributed by atoms with Crippen LogP contribution in [0.1, 0.15) is 45.2 Å². The van der Waals surface area contributed by atoms with Gasteiger partial charge in [0.15, 0.2) is 0 Å². The molecule has 0 bridgehead atoms. The number of nitrogens with two attached hydrogens (primary N) is 1. The van der Waals surface area contributed by atoms with Gasteiger partial charge in [-0.05, 0) is 53.4 Å². The maximum absolute atomic E-state index is 13.5. The molecule has 1 aliphatic heterocycles. The van der Waals surface area contributed by atoms with Crippen molar-refractivity contribution in [2.45, 2.75) is 31.3 Å². The zero-order valence-electron chi connectivity index (χ0n) is 20.1. The number of fused-ring (bicyclic) bond motifs is 1.